The van der Waals surface area contributed by atoms with E-state index in [2.05, 4.69) is 0 Å². The monoisotopic (exact) mass is 190 g/mol. The molecule has 13 heavy (non-hydrogen) atoms. The van der Waals surface area contributed by atoms with Gasteiger partial charge in [0.25, 0.3) is 0 Å². The molecule has 0 aliphatic rings. The number of carbonyl (C=O) groups is 1. The molecule has 0 unspecified atom stereocenters. The molecule has 0 saturated carbocycles. The van der Waals surface area contributed by atoms with E-state index in [0.29, 0.717) is 13.0 Å². The number of nitrogens with two attached hydrogens (primary N) is 1. The standard InChI is InChI=1S/C8H18N2O3/c1-2-5-13-6-7(11)3-4-8(12)10-9/h7,11H,2-6,9H2,1H3,(H,10,12)/t7-/m1/s1. The van der Waals surface area contributed by atoms with Gasteiger partial charge in [-0.05, 0) is 12.8 Å². The lowest BCUT2D eigenvalue weighted by Crippen LogP contribution is -2.31. The first-order valence-corrected chi connectivity index (χ1v) is 4.46. The molecule has 0 aliphatic carbocycles. The summed E-state index contributed by atoms with van der Waals surface area (Å²) in [6, 6.07) is 0. The number of aliphatic hydroxyl groups is 1. The summed E-state index contributed by atoms with van der Waals surface area (Å²) >= 11 is 0. The van der Waals surface area contributed by atoms with E-state index >= 15 is 0 Å². The van der Waals surface area contributed by atoms with Crippen molar-refractivity contribution < 1.29 is 14.6 Å². The SMILES string of the molecule is CCCOC[C@H](O)CCC(=O)NN. The van der Waals surface area contributed by atoms with Gasteiger partial charge in [0.2, 0.25) is 5.91 Å². The zero-order valence-corrected chi connectivity index (χ0v) is 7.95. The number of hydrogen-bond donors (Lipinski definition) is 3. The van der Waals surface area contributed by atoms with Crippen molar-refractivity contribution in [2.45, 2.75) is 32.3 Å². The van der Waals surface area contributed by atoms with Gasteiger partial charge in [-0.25, -0.2) is 5.84 Å². The molecule has 0 heterocycles. The van der Waals surface area contributed by atoms with Crippen LogP contribution in [0.4, 0.5) is 0 Å². The Morgan fingerprint density at radius 1 is 1.69 bits per heavy atom. The first-order valence-electron chi connectivity index (χ1n) is 4.46. The van der Waals surface area contributed by atoms with E-state index in [9.17, 15) is 9.90 Å². The Hall–Kier alpha value is -0.650. The molecule has 0 aromatic heterocycles. The van der Waals surface area contributed by atoms with Crippen molar-refractivity contribution in [3.63, 3.8) is 0 Å². The van der Waals surface area contributed by atoms with Crippen molar-refractivity contribution in [1.29, 1.82) is 0 Å². The highest BCUT2D eigenvalue weighted by atomic mass is 16.5. The number of rotatable bonds is 7. The summed E-state index contributed by atoms with van der Waals surface area (Å²) in [5.41, 5.74) is 2.00. The van der Waals surface area contributed by atoms with Crippen molar-refractivity contribution >= 4 is 5.91 Å². The number of ether oxygens (including phenoxy) is 1. The minimum absolute atomic E-state index is 0.229. The van der Waals surface area contributed by atoms with Gasteiger partial charge in [-0.1, -0.05) is 6.92 Å². The summed E-state index contributed by atoms with van der Waals surface area (Å²) in [4.78, 5) is 10.7. The smallest absolute Gasteiger partial charge is 0.233 e. The number of amides is 1. The molecule has 0 fully saturated rings. The van der Waals surface area contributed by atoms with Crippen LogP contribution in [0.3, 0.4) is 0 Å². The highest BCUT2D eigenvalue weighted by Gasteiger charge is 2.06. The Kier molecular flexibility index (Phi) is 7.57. The van der Waals surface area contributed by atoms with Crippen LogP contribution in [-0.2, 0) is 9.53 Å². The van der Waals surface area contributed by atoms with Gasteiger partial charge >= 0.3 is 0 Å². The van der Waals surface area contributed by atoms with Crippen molar-refractivity contribution in [2.75, 3.05) is 13.2 Å². The Morgan fingerprint density at radius 3 is 2.92 bits per heavy atom. The summed E-state index contributed by atoms with van der Waals surface area (Å²) < 4.78 is 5.10. The van der Waals surface area contributed by atoms with Crippen molar-refractivity contribution in [3.05, 3.63) is 0 Å². The molecule has 0 rings (SSSR count). The molecule has 1 amide bonds. The summed E-state index contributed by atoms with van der Waals surface area (Å²) in [7, 11) is 0. The summed E-state index contributed by atoms with van der Waals surface area (Å²) in [6.45, 7) is 2.92. The second-order valence-corrected chi connectivity index (χ2v) is 2.83. The van der Waals surface area contributed by atoms with Crippen LogP contribution in [0.5, 0.6) is 0 Å². The van der Waals surface area contributed by atoms with Gasteiger partial charge in [-0.3, -0.25) is 10.2 Å². The molecule has 0 bridgehead atoms. The lowest BCUT2D eigenvalue weighted by molar-refractivity contribution is -0.121. The third kappa shape index (κ3) is 7.70. The maximum atomic E-state index is 10.7. The molecule has 0 aromatic carbocycles. The summed E-state index contributed by atoms with van der Waals surface area (Å²) in [5.74, 6) is 4.60. The lowest BCUT2D eigenvalue weighted by Gasteiger charge is -2.09. The van der Waals surface area contributed by atoms with E-state index in [1.807, 2.05) is 12.3 Å². The number of aliphatic hydroxyl groups excluding tert-OH is 1. The van der Waals surface area contributed by atoms with Crippen molar-refractivity contribution in [2.24, 2.45) is 5.84 Å². The fraction of sp³-hybridized carbons (Fsp3) is 0.875. The summed E-state index contributed by atoms with van der Waals surface area (Å²) in [5, 5.41) is 9.27. The second-order valence-electron chi connectivity index (χ2n) is 2.83. The predicted octanol–water partition coefficient (Wildman–Crippen LogP) is -0.456. The Morgan fingerprint density at radius 2 is 2.38 bits per heavy atom. The van der Waals surface area contributed by atoms with E-state index in [1.165, 1.54) is 0 Å². The average molecular weight is 190 g/mol. The number of carbonyl (C=O) groups excluding carboxylic acids is 1. The highest BCUT2D eigenvalue weighted by molar-refractivity contribution is 5.75. The zero-order valence-electron chi connectivity index (χ0n) is 7.95. The van der Waals surface area contributed by atoms with Gasteiger partial charge in [0.1, 0.15) is 0 Å². The van der Waals surface area contributed by atoms with E-state index < -0.39 is 6.10 Å². The van der Waals surface area contributed by atoms with E-state index in [0.717, 1.165) is 6.42 Å². The molecule has 5 heteroatoms. The van der Waals surface area contributed by atoms with E-state index in [1.54, 1.807) is 0 Å². The molecule has 0 spiro atoms. The average Bonchev–Trinajstić information content (AvgIpc) is 2.14. The van der Waals surface area contributed by atoms with Gasteiger partial charge in [0.05, 0.1) is 12.7 Å². The molecule has 0 saturated heterocycles. The first kappa shape index (κ1) is 12.3. The quantitative estimate of drug-likeness (QED) is 0.219. The Balaban J connectivity index is 3.29. The molecule has 0 aromatic rings. The van der Waals surface area contributed by atoms with Crippen LogP contribution in [0.15, 0.2) is 0 Å². The van der Waals surface area contributed by atoms with E-state index in [4.69, 9.17) is 10.6 Å². The third-order valence-electron chi connectivity index (χ3n) is 1.52. The van der Waals surface area contributed by atoms with Crippen molar-refractivity contribution in [3.8, 4) is 0 Å². The zero-order chi connectivity index (χ0) is 10.1. The van der Waals surface area contributed by atoms with Crippen LogP contribution in [0.1, 0.15) is 26.2 Å². The van der Waals surface area contributed by atoms with Gasteiger partial charge in [0.15, 0.2) is 0 Å². The third-order valence-corrected chi connectivity index (χ3v) is 1.52. The number of hydrazine groups is 1. The number of nitrogens with one attached hydrogen (secondary N) is 1. The topological polar surface area (TPSA) is 84.6 Å². The van der Waals surface area contributed by atoms with Gasteiger partial charge in [-0.2, -0.15) is 0 Å². The van der Waals surface area contributed by atoms with E-state index in [-0.39, 0.29) is 18.9 Å². The van der Waals surface area contributed by atoms with Gasteiger partial charge < -0.3 is 9.84 Å². The molecule has 1 atom stereocenters. The number of hydrogen-bond acceptors (Lipinski definition) is 4. The van der Waals surface area contributed by atoms with Gasteiger partial charge in [-0.15, -0.1) is 0 Å². The van der Waals surface area contributed by atoms with Gasteiger partial charge in [0, 0.05) is 13.0 Å². The van der Waals surface area contributed by atoms with Crippen LogP contribution in [-0.4, -0.2) is 30.3 Å². The second kappa shape index (κ2) is 7.97. The first-order chi connectivity index (χ1) is 6.20. The maximum absolute atomic E-state index is 10.7. The fourth-order valence-corrected chi connectivity index (χ4v) is 0.817. The minimum atomic E-state index is -0.580. The fourth-order valence-electron chi connectivity index (χ4n) is 0.817. The molecule has 0 radical (unpaired) electrons. The molecular weight excluding hydrogens is 172 g/mol. The molecular formula is C8H18N2O3. The predicted molar refractivity (Wildman–Crippen MR) is 48.7 cm³/mol. The van der Waals surface area contributed by atoms with Crippen LogP contribution in [0, 0.1) is 0 Å². The molecule has 4 N–H and O–H groups in total. The Bertz CT molecular complexity index is 141. The molecule has 0 aliphatic heterocycles. The molecule has 5 nitrogen and oxygen atoms in total. The normalized spacial score (nSPS) is 12.5. The van der Waals surface area contributed by atoms with Crippen LogP contribution >= 0.6 is 0 Å². The molecule has 78 valence electrons. The lowest BCUT2D eigenvalue weighted by atomic mass is 10.2. The maximum Gasteiger partial charge on any atom is 0.233 e. The summed E-state index contributed by atoms with van der Waals surface area (Å²) in [6.07, 6.45) is 0.958. The largest absolute Gasteiger partial charge is 0.391 e. The highest BCUT2D eigenvalue weighted by Crippen LogP contribution is 1.97. The van der Waals surface area contributed by atoms with Crippen LogP contribution < -0.4 is 11.3 Å². The van der Waals surface area contributed by atoms with Crippen molar-refractivity contribution in [1.82, 2.24) is 5.43 Å². The van der Waals surface area contributed by atoms with Crippen LogP contribution in [0.2, 0.25) is 0 Å². The Labute approximate surface area is 78.2 Å². The minimum Gasteiger partial charge on any atom is -0.391 e. The van der Waals surface area contributed by atoms with Crippen LogP contribution in [0.25, 0.3) is 0 Å².